The zero-order chi connectivity index (χ0) is 13.3. The van der Waals surface area contributed by atoms with Gasteiger partial charge in [-0.15, -0.1) is 0 Å². The van der Waals surface area contributed by atoms with Crippen molar-refractivity contribution < 1.29 is 8.42 Å². The van der Waals surface area contributed by atoms with Crippen LogP contribution in [0.1, 0.15) is 5.56 Å². The molecule has 0 aliphatic rings. The molecule has 2 N–H and O–H groups in total. The highest BCUT2D eigenvalue weighted by atomic mass is 35.5. The highest BCUT2D eigenvalue weighted by Gasteiger charge is 2.19. The zero-order valence-corrected chi connectivity index (χ0v) is 11.4. The highest BCUT2D eigenvalue weighted by molar-refractivity contribution is 7.92. The predicted octanol–water partition coefficient (Wildman–Crippen LogP) is 2.22. The van der Waals surface area contributed by atoms with Gasteiger partial charge in [-0.3, -0.25) is 9.82 Å². The molecule has 9 heteroatoms. The number of aromatic nitrogens is 3. The molecule has 0 unspecified atom stereocenters. The van der Waals surface area contributed by atoms with Crippen LogP contribution < -0.4 is 4.72 Å². The van der Waals surface area contributed by atoms with Crippen molar-refractivity contribution in [1.82, 2.24) is 15.2 Å². The Morgan fingerprint density at radius 2 is 2.11 bits per heavy atom. The third-order valence-corrected chi connectivity index (χ3v) is 3.94. The number of nitrogens with zero attached hydrogens (tertiary/aromatic N) is 2. The molecule has 18 heavy (non-hydrogen) atoms. The van der Waals surface area contributed by atoms with Crippen molar-refractivity contribution in [3.8, 4) is 0 Å². The number of rotatable bonds is 3. The van der Waals surface area contributed by atoms with E-state index in [2.05, 4.69) is 19.9 Å². The van der Waals surface area contributed by atoms with Crippen molar-refractivity contribution in [3.05, 3.63) is 34.3 Å². The second-order valence-corrected chi connectivity index (χ2v) is 5.89. The van der Waals surface area contributed by atoms with Gasteiger partial charge in [0.15, 0.2) is 5.15 Å². The lowest BCUT2D eigenvalue weighted by molar-refractivity contribution is 0.601. The third kappa shape index (κ3) is 2.58. The van der Waals surface area contributed by atoms with Crippen molar-refractivity contribution in [2.75, 3.05) is 4.72 Å². The van der Waals surface area contributed by atoms with Gasteiger partial charge >= 0.3 is 0 Å². The molecule has 0 amide bonds. The van der Waals surface area contributed by atoms with E-state index in [-0.39, 0.29) is 20.9 Å². The minimum atomic E-state index is -3.74. The van der Waals surface area contributed by atoms with Crippen LogP contribution >= 0.6 is 23.2 Å². The fraction of sp³-hybridized carbons (Fsp3) is 0.111. The summed E-state index contributed by atoms with van der Waals surface area (Å²) in [6.07, 6.45) is 2.45. The summed E-state index contributed by atoms with van der Waals surface area (Å²) >= 11 is 11.6. The van der Waals surface area contributed by atoms with Crippen molar-refractivity contribution in [2.45, 2.75) is 11.8 Å². The monoisotopic (exact) mass is 306 g/mol. The van der Waals surface area contributed by atoms with Crippen molar-refractivity contribution >= 4 is 38.9 Å². The molecule has 0 saturated heterocycles. The minimum Gasteiger partial charge on any atom is -0.284 e. The maximum absolute atomic E-state index is 12.0. The van der Waals surface area contributed by atoms with Crippen LogP contribution in [-0.4, -0.2) is 23.6 Å². The molecule has 0 bridgehead atoms. The number of pyridine rings is 1. The average molecular weight is 307 g/mol. The van der Waals surface area contributed by atoms with E-state index >= 15 is 0 Å². The summed E-state index contributed by atoms with van der Waals surface area (Å²) < 4.78 is 26.3. The van der Waals surface area contributed by atoms with Crippen molar-refractivity contribution in [1.29, 1.82) is 0 Å². The first-order valence-electron chi connectivity index (χ1n) is 4.74. The Hall–Kier alpha value is -1.31. The third-order valence-electron chi connectivity index (χ3n) is 2.16. The molecule has 0 aliphatic heterocycles. The van der Waals surface area contributed by atoms with Gasteiger partial charge in [-0.2, -0.15) is 5.10 Å². The molecule has 0 fully saturated rings. The summed E-state index contributed by atoms with van der Waals surface area (Å²) in [6.45, 7) is 1.67. The lowest BCUT2D eigenvalue weighted by atomic mass is 10.3. The molecular weight excluding hydrogens is 299 g/mol. The molecule has 2 rings (SSSR count). The molecule has 2 aromatic rings. The first-order chi connectivity index (χ1) is 8.40. The lowest BCUT2D eigenvalue weighted by Crippen LogP contribution is -2.14. The summed E-state index contributed by atoms with van der Waals surface area (Å²) in [6, 6.07) is 1.51. The number of nitrogens with one attached hydrogen (secondary N) is 2. The summed E-state index contributed by atoms with van der Waals surface area (Å²) in [5.74, 6) is 0. The van der Waals surface area contributed by atoms with Crippen molar-refractivity contribution in [2.24, 2.45) is 0 Å². The maximum atomic E-state index is 12.0. The molecule has 6 nitrogen and oxygen atoms in total. The number of anilines is 1. The van der Waals surface area contributed by atoms with Crippen LogP contribution in [0.4, 0.5) is 5.69 Å². The van der Waals surface area contributed by atoms with Crippen LogP contribution in [0.2, 0.25) is 10.3 Å². The second-order valence-electron chi connectivity index (χ2n) is 3.47. The van der Waals surface area contributed by atoms with Crippen molar-refractivity contribution in [3.63, 3.8) is 0 Å². The van der Waals surface area contributed by atoms with E-state index in [0.29, 0.717) is 5.56 Å². The van der Waals surface area contributed by atoms with E-state index in [1.807, 2.05) is 0 Å². The van der Waals surface area contributed by atoms with Crippen LogP contribution in [0.15, 0.2) is 23.4 Å². The fourth-order valence-corrected chi connectivity index (χ4v) is 2.98. The van der Waals surface area contributed by atoms with Gasteiger partial charge < -0.3 is 0 Å². The Bertz CT molecular complexity index is 647. The van der Waals surface area contributed by atoms with Crippen LogP contribution in [0.5, 0.6) is 0 Å². The molecule has 0 aliphatic carbocycles. The van der Waals surface area contributed by atoms with Crippen LogP contribution in [0.3, 0.4) is 0 Å². The number of sulfonamides is 1. The largest absolute Gasteiger partial charge is 0.284 e. The number of hydrogen-bond donors (Lipinski definition) is 2. The van der Waals surface area contributed by atoms with Gasteiger partial charge in [0.05, 0.1) is 11.9 Å². The number of halogens is 2. The maximum Gasteiger partial charge on any atom is 0.265 e. The molecule has 0 aromatic carbocycles. The number of H-pyrrole nitrogens is 1. The SMILES string of the molecule is Cc1cc(Cl)nc(Cl)c1NS(=O)(=O)c1cn[nH]c1. The van der Waals surface area contributed by atoms with Crippen LogP contribution in [0.25, 0.3) is 0 Å². The van der Waals surface area contributed by atoms with Crippen LogP contribution in [0, 0.1) is 6.92 Å². The van der Waals surface area contributed by atoms with Gasteiger partial charge in [-0.05, 0) is 18.6 Å². The fourth-order valence-electron chi connectivity index (χ4n) is 1.30. The van der Waals surface area contributed by atoms with E-state index in [0.717, 1.165) is 0 Å². The van der Waals surface area contributed by atoms with E-state index in [4.69, 9.17) is 23.2 Å². The molecule has 0 radical (unpaired) electrons. The summed E-state index contributed by atoms with van der Waals surface area (Å²) in [4.78, 5) is 3.79. The van der Waals surface area contributed by atoms with E-state index < -0.39 is 10.0 Å². The predicted molar refractivity (Wildman–Crippen MR) is 68.4 cm³/mol. The first kappa shape index (κ1) is 13.1. The Labute approximate surface area is 113 Å². The molecule has 2 aromatic heterocycles. The Morgan fingerprint density at radius 3 is 2.67 bits per heavy atom. The van der Waals surface area contributed by atoms with E-state index in [1.165, 1.54) is 18.5 Å². The van der Waals surface area contributed by atoms with E-state index in [1.54, 1.807) is 6.92 Å². The Kier molecular flexibility index (Phi) is 3.47. The normalized spacial score (nSPS) is 11.5. The molecule has 2 heterocycles. The topological polar surface area (TPSA) is 87.7 Å². The first-order valence-corrected chi connectivity index (χ1v) is 6.98. The Balaban J connectivity index is 2.42. The zero-order valence-electron chi connectivity index (χ0n) is 9.11. The number of aryl methyl sites for hydroxylation is 1. The van der Waals surface area contributed by atoms with Gasteiger partial charge in [0.2, 0.25) is 0 Å². The molecule has 96 valence electrons. The number of aromatic amines is 1. The minimum absolute atomic E-state index is 0.00733. The summed E-state index contributed by atoms with van der Waals surface area (Å²) in [5.41, 5.74) is 0.773. The molecule has 0 spiro atoms. The van der Waals surface area contributed by atoms with E-state index in [9.17, 15) is 8.42 Å². The quantitative estimate of drug-likeness (QED) is 0.851. The van der Waals surface area contributed by atoms with Crippen LogP contribution in [-0.2, 0) is 10.0 Å². The smallest absolute Gasteiger partial charge is 0.265 e. The second kappa shape index (κ2) is 4.75. The van der Waals surface area contributed by atoms with Gasteiger partial charge in [-0.1, -0.05) is 23.2 Å². The number of hydrogen-bond acceptors (Lipinski definition) is 4. The van der Waals surface area contributed by atoms with Gasteiger partial charge in [0.25, 0.3) is 10.0 Å². The van der Waals surface area contributed by atoms with Gasteiger partial charge in [-0.25, -0.2) is 13.4 Å². The Morgan fingerprint density at radius 1 is 1.39 bits per heavy atom. The van der Waals surface area contributed by atoms with Gasteiger partial charge in [0.1, 0.15) is 10.0 Å². The summed E-state index contributed by atoms with van der Waals surface area (Å²) in [7, 11) is -3.74. The molecule has 0 atom stereocenters. The van der Waals surface area contributed by atoms with Gasteiger partial charge in [0, 0.05) is 6.20 Å². The molecular formula is C9H8Cl2N4O2S. The molecule has 0 saturated carbocycles. The lowest BCUT2D eigenvalue weighted by Gasteiger charge is -2.10. The summed E-state index contributed by atoms with van der Waals surface area (Å²) in [5, 5.41) is 6.19. The average Bonchev–Trinajstić information content (AvgIpc) is 2.77. The highest BCUT2D eigenvalue weighted by Crippen LogP contribution is 2.28. The standard InChI is InChI=1S/C9H8Cl2N4O2S/c1-5-2-7(10)14-9(11)8(5)15-18(16,17)6-3-12-13-4-6/h2-4,15H,1H3,(H,12,13).